The smallest absolute Gasteiger partial charge is 0.389 e. The molecule has 1 aromatic carbocycles. The summed E-state index contributed by atoms with van der Waals surface area (Å²) < 4.78 is 49.0. The van der Waals surface area contributed by atoms with E-state index in [9.17, 15) is 27.2 Å². The Morgan fingerprint density at radius 2 is 1.90 bits per heavy atom. The number of carbonyl (C=O) groups excluding carboxylic acids is 1. The maximum absolute atomic E-state index is 13.4. The van der Waals surface area contributed by atoms with E-state index in [1.165, 1.54) is 0 Å². The Bertz CT molecular complexity index is 532. The first kappa shape index (κ1) is 16.7. The van der Waals surface area contributed by atoms with E-state index < -0.39 is 30.4 Å². The van der Waals surface area contributed by atoms with Gasteiger partial charge in [-0.2, -0.15) is 13.2 Å². The number of urea groups is 1. The third kappa shape index (κ3) is 6.11. The van der Waals surface area contributed by atoms with Crippen molar-refractivity contribution in [2.75, 3.05) is 11.9 Å². The lowest BCUT2D eigenvalue weighted by atomic mass is 10.2. The summed E-state index contributed by atoms with van der Waals surface area (Å²) in [6, 6.07) is 1.87. The topological polar surface area (TPSA) is 78.4 Å². The van der Waals surface area contributed by atoms with E-state index in [-0.39, 0.29) is 24.2 Å². The number of carboxylic acid groups (broad SMARTS) is 1. The molecule has 0 aliphatic carbocycles. The van der Waals surface area contributed by atoms with Gasteiger partial charge in [-0.3, -0.25) is 0 Å². The van der Waals surface area contributed by atoms with E-state index in [0.29, 0.717) is 0 Å². The Morgan fingerprint density at radius 1 is 1.24 bits per heavy atom. The van der Waals surface area contributed by atoms with Gasteiger partial charge in [0.15, 0.2) is 0 Å². The molecule has 0 heterocycles. The number of anilines is 1. The fourth-order valence-corrected chi connectivity index (χ4v) is 1.41. The van der Waals surface area contributed by atoms with Gasteiger partial charge < -0.3 is 15.7 Å². The highest BCUT2D eigenvalue weighted by molar-refractivity contribution is 5.93. The fraction of sp³-hybridized carbons (Fsp3) is 0.333. The van der Waals surface area contributed by atoms with Gasteiger partial charge in [0.25, 0.3) is 0 Å². The van der Waals surface area contributed by atoms with Crippen LogP contribution in [0.2, 0.25) is 0 Å². The summed E-state index contributed by atoms with van der Waals surface area (Å²) in [6.45, 7) is -0.244. The van der Waals surface area contributed by atoms with Gasteiger partial charge in [0.2, 0.25) is 0 Å². The van der Waals surface area contributed by atoms with Crippen LogP contribution in [0.25, 0.3) is 0 Å². The second-order valence-corrected chi connectivity index (χ2v) is 4.10. The Balaban J connectivity index is 2.51. The van der Waals surface area contributed by atoms with E-state index >= 15 is 0 Å². The van der Waals surface area contributed by atoms with Crippen molar-refractivity contribution in [1.29, 1.82) is 0 Å². The van der Waals surface area contributed by atoms with Gasteiger partial charge in [0, 0.05) is 13.0 Å². The molecule has 0 aromatic heterocycles. The van der Waals surface area contributed by atoms with Crippen molar-refractivity contribution in [1.82, 2.24) is 5.32 Å². The molecule has 0 saturated heterocycles. The molecule has 0 saturated carbocycles. The van der Waals surface area contributed by atoms with Crippen LogP contribution in [0.5, 0.6) is 0 Å². The molecule has 9 heteroatoms. The highest BCUT2D eigenvalue weighted by atomic mass is 19.4. The lowest BCUT2D eigenvalue weighted by Gasteiger charge is -2.10. The summed E-state index contributed by atoms with van der Waals surface area (Å²) in [5, 5.41) is 12.9. The second kappa shape index (κ2) is 6.91. The highest BCUT2D eigenvalue weighted by Crippen LogP contribution is 2.20. The van der Waals surface area contributed by atoms with Crippen molar-refractivity contribution < 1.29 is 32.3 Å². The molecule has 0 fully saturated rings. The van der Waals surface area contributed by atoms with Crippen LogP contribution < -0.4 is 10.6 Å². The second-order valence-electron chi connectivity index (χ2n) is 4.10. The average molecular weight is 308 g/mol. The van der Waals surface area contributed by atoms with Gasteiger partial charge in [0.05, 0.1) is 11.3 Å². The van der Waals surface area contributed by atoms with Crippen LogP contribution in [0.4, 0.5) is 28.0 Å². The monoisotopic (exact) mass is 308 g/mol. The maximum Gasteiger partial charge on any atom is 0.389 e. The van der Waals surface area contributed by atoms with E-state index in [1.807, 2.05) is 5.32 Å². The molecule has 116 valence electrons. The first-order chi connectivity index (χ1) is 9.69. The summed E-state index contributed by atoms with van der Waals surface area (Å²) in [5.74, 6) is -2.16. The van der Waals surface area contributed by atoms with E-state index in [0.717, 1.165) is 18.2 Å². The Hall–Kier alpha value is -2.32. The standard InChI is InChI=1S/C12H12F4N2O3/c13-8-3-2-7(10(19)20)6-9(8)18-11(21)17-5-1-4-12(14,15)16/h2-3,6H,1,4-5H2,(H,19,20)(H2,17,18,21). The van der Waals surface area contributed by atoms with Crippen LogP contribution in [0.15, 0.2) is 18.2 Å². The molecule has 2 amide bonds. The van der Waals surface area contributed by atoms with Crippen LogP contribution in [0.3, 0.4) is 0 Å². The summed E-state index contributed by atoms with van der Waals surface area (Å²) in [4.78, 5) is 22.1. The van der Waals surface area contributed by atoms with Gasteiger partial charge in [-0.05, 0) is 24.6 Å². The number of hydrogen-bond donors (Lipinski definition) is 3. The van der Waals surface area contributed by atoms with Crippen molar-refractivity contribution in [2.45, 2.75) is 19.0 Å². The predicted molar refractivity (Wildman–Crippen MR) is 65.7 cm³/mol. The number of benzene rings is 1. The van der Waals surface area contributed by atoms with Crippen molar-refractivity contribution in [3.8, 4) is 0 Å². The minimum Gasteiger partial charge on any atom is -0.478 e. The molecular weight excluding hydrogens is 296 g/mol. The van der Waals surface area contributed by atoms with Crippen LogP contribution in [0.1, 0.15) is 23.2 Å². The van der Waals surface area contributed by atoms with E-state index in [4.69, 9.17) is 5.11 Å². The fourth-order valence-electron chi connectivity index (χ4n) is 1.41. The number of nitrogens with one attached hydrogen (secondary N) is 2. The molecule has 1 rings (SSSR count). The molecule has 0 unspecified atom stereocenters. The largest absolute Gasteiger partial charge is 0.478 e. The molecule has 21 heavy (non-hydrogen) atoms. The van der Waals surface area contributed by atoms with Crippen molar-refractivity contribution in [3.05, 3.63) is 29.6 Å². The molecule has 0 atom stereocenters. The van der Waals surface area contributed by atoms with Gasteiger partial charge in [0.1, 0.15) is 5.82 Å². The molecular formula is C12H12F4N2O3. The van der Waals surface area contributed by atoms with Crippen molar-refractivity contribution >= 4 is 17.7 Å². The lowest BCUT2D eigenvalue weighted by Crippen LogP contribution is -2.30. The van der Waals surface area contributed by atoms with Crippen LogP contribution in [-0.2, 0) is 0 Å². The Morgan fingerprint density at radius 3 is 2.48 bits per heavy atom. The molecule has 0 aliphatic heterocycles. The number of rotatable bonds is 5. The first-order valence-corrected chi connectivity index (χ1v) is 5.83. The molecule has 5 nitrogen and oxygen atoms in total. The van der Waals surface area contributed by atoms with Crippen LogP contribution in [0, 0.1) is 5.82 Å². The minimum atomic E-state index is -4.31. The SMILES string of the molecule is O=C(NCCCC(F)(F)F)Nc1cc(C(=O)O)ccc1F. The Kier molecular flexibility index (Phi) is 5.51. The molecule has 1 aromatic rings. The minimum absolute atomic E-state index is 0.233. The average Bonchev–Trinajstić information content (AvgIpc) is 2.36. The zero-order chi connectivity index (χ0) is 16.0. The van der Waals surface area contributed by atoms with Gasteiger partial charge >= 0.3 is 18.2 Å². The Labute approximate surface area is 117 Å². The highest BCUT2D eigenvalue weighted by Gasteiger charge is 2.26. The quantitative estimate of drug-likeness (QED) is 0.578. The number of aromatic carboxylic acids is 1. The van der Waals surface area contributed by atoms with Gasteiger partial charge in [-0.25, -0.2) is 14.0 Å². The molecule has 0 spiro atoms. The maximum atomic E-state index is 13.4. The number of hydrogen-bond acceptors (Lipinski definition) is 2. The predicted octanol–water partition coefficient (Wildman–Crippen LogP) is 2.99. The van der Waals surface area contributed by atoms with Crippen LogP contribution >= 0.6 is 0 Å². The van der Waals surface area contributed by atoms with E-state index in [1.54, 1.807) is 0 Å². The van der Waals surface area contributed by atoms with Gasteiger partial charge in [-0.1, -0.05) is 0 Å². The zero-order valence-corrected chi connectivity index (χ0v) is 10.6. The number of carboxylic acids is 1. The van der Waals surface area contributed by atoms with Crippen LogP contribution in [-0.4, -0.2) is 29.8 Å². The number of amides is 2. The number of carbonyl (C=O) groups is 2. The van der Waals surface area contributed by atoms with Crippen molar-refractivity contribution in [3.63, 3.8) is 0 Å². The molecule has 3 N–H and O–H groups in total. The lowest BCUT2D eigenvalue weighted by molar-refractivity contribution is -0.135. The summed E-state index contributed by atoms with van der Waals surface area (Å²) >= 11 is 0. The third-order valence-corrected chi connectivity index (χ3v) is 2.38. The molecule has 0 aliphatic rings. The normalized spacial score (nSPS) is 11.0. The third-order valence-electron chi connectivity index (χ3n) is 2.38. The van der Waals surface area contributed by atoms with Crippen molar-refractivity contribution in [2.24, 2.45) is 0 Å². The summed E-state index contributed by atoms with van der Waals surface area (Å²) in [7, 11) is 0. The zero-order valence-electron chi connectivity index (χ0n) is 10.6. The summed E-state index contributed by atoms with van der Waals surface area (Å²) in [5.41, 5.74) is -0.605. The summed E-state index contributed by atoms with van der Waals surface area (Å²) in [6.07, 6.45) is -5.66. The molecule has 0 bridgehead atoms. The van der Waals surface area contributed by atoms with Gasteiger partial charge in [-0.15, -0.1) is 0 Å². The number of alkyl halides is 3. The first-order valence-electron chi connectivity index (χ1n) is 5.83. The van der Waals surface area contributed by atoms with E-state index in [2.05, 4.69) is 5.32 Å². The molecule has 0 radical (unpaired) electrons. The number of halogens is 4.